The maximum Gasteiger partial charge on any atom is 0.573 e. The molecule has 0 radical (unpaired) electrons. The average Bonchev–Trinajstić information content (AvgIpc) is 3.29. The second kappa shape index (κ2) is 10.7. The summed E-state index contributed by atoms with van der Waals surface area (Å²) in [5, 5.41) is 18.0. The molecule has 3 atom stereocenters. The van der Waals surface area contributed by atoms with E-state index >= 15 is 0 Å². The molecule has 2 aliphatic heterocycles. The average molecular weight is 618 g/mol. The minimum atomic E-state index is -4.83. The Morgan fingerprint density at radius 3 is 2.55 bits per heavy atom. The number of thiazole rings is 1. The van der Waals surface area contributed by atoms with Crippen LogP contribution in [0.1, 0.15) is 66.1 Å². The van der Waals surface area contributed by atoms with Gasteiger partial charge in [-0.25, -0.2) is 9.78 Å². The van der Waals surface area contributed by atoms with Crippen LogP contribution in [0.3, 0.4) is 0 Å². The fraction of sp³-hybridized carbons (Fsp3) is 0.414. The van der Waals surface area contributed by atoms with Crippen LogP contribution in [0.4, 0.5) is 18.3 Å². The lowest BCUT2D eigenvalue weighted by Gasteiger charge is -2.38. The number of carbonyl (C=O) groups is 1. The number of ether oxygens (including phenoxy) is 2. The van der Waals surface area contributed by atoms with Crippen molar-refractivity contribution < 1.29 is 37.1 Å². The van der Waals surface area contributed by atoms with Gasteiger partial charge in [0.15, 0.2) is 5.13 Å². The third-order valence-electron chi connectivity index (χ3n) is 8.10. The Bertz CT molecular complexity index is 1600. The first-order chi connectivity index (χ1) is 20.2. The van der Waals surface area contributed by atoms with Crippen molar-refractivity contribution >= 4 is 33.8 Å². The number of alkyl halides is 3. The quantitative estimate of drug-likeness (QED) is 0.204. The van der Waals surface area contributed by atoms with Gasteiger partial charge in [0.25, 0.3) is 0 Å². The summed E-state index contributed by atoms with van der Waals surface area (Å²) in [4.78, 5) is 19.3. The Morgan fingerprint density at radius 1 is 1.10 bits per heavy atom. The lowest BCUT2D eigenvalue weighted by molar-refractivity contribution is -0.274. The maximum atomic E-state index is 13.1. The second-order valence-corrected chi connectivity index (χ2v) is 12.7. The Morgan fingerprint density at radius 2 is 1.86 bits per heavy atom. The standard InChI is InChI=1S/C29H26F3N3O5S2/c30-29(31,32)39-23-4-2-1-3-20(23)25-21(26(40-34-25)15-5-6-15)12-38-19-10-17-7-8-18(11-19)35(17)28-33-22(14-42-28)24-9-16(13-41-24)27(36)37/h1-4,9,13-15,17-19H,5-8,10-12H2,(H,36,37)/t17-,18+,19?. The summed E-state index contributed by atoms with van der Waals surface area (Å²) in [6, 6.07) is 8.15. The number of halogens is 3. The molecule has 0 amide bonds. The number of rotatable bonds is 9. The van der Waals surface area contributed by atoms with Crippen LogP contribution >= 0.6 is 22.7 Å². The van der Waals surface area contributed by atoms with E-state index in [1.165, 1.54) is 23.5 Å². The Kier molecular flexibility index (Phi) is 6.98. The van der Waals surface area contributed by atoms with Crippen LogP contribution in [0.25, 0.3) is 21.8 Å². The minimum absolute atomic E-state index is 0.0231. The van der Waals surface area contributed by atoms with E-state index in [0.717, 1.165) is 54.2 Å². The molecule has 3 fully saturated rings. The van der Waals surface area contributed by atoms with Crippen molar-refractivity contribution in [2.75, 3.05) is 4.90 Å². The molecule has 220 valence electrons. The molecule has 4 aromatic rings. The van der Waals surface area contributed by atoms with Crippen LogP contribution in [-0.4, -0.2) is 45.8 Å². The van der Waals surface area contributed by atoms with Gasteiger partial charge < -0.3 is 24.0 Å². The zero-order valence-electron chi connectivity index (χ0n) is 22.2. The maximum absolute atomic E-state index is 13.1. The normalized spacial score (nSPS) is 22.1. The van der Waals surface area contributed by atoms with Gasteiger partial charge in [0, 0.05) is 39.9 Å². The van der Waals surface area contributed by atoms with E-state index in [1.807, 2.05) is 5.38 Å². The molecular formula is C29H26F3N3O5S2. The number of piperidine rings is 1. The fourth-order valence-corrected chi connectivity index (χ4v) is 7.96. The summed E-state index contributed by atoms with van der Waals surface area (Å²) >= 11 is 2.94. The Labute approximate surface area is 246 Å². The van der Waals surface area contributed by atoms with E-state index in [1.54, 1.807) is 34.9 Å². The van der Waals surface area contributed by atoms with Gasteiger partial charge in [0.05, 0.1) is 28.8 Å². The van der Waals surface area contributed by atoms with Gasteiger partial charge in [-0.05, 0) is 56.7 Å². The van der Waals surface area contributed by atoms with E-state index in [-0.39, 0.29) is 47.6 Å². The van der Waals surface area contributed by atoms with Gasteiger partial charge in [0.2, 0.25) is 0 Å². The summed E-state index contributed by atoms with van der Waals surface area (Å²) in [7, 11) is 0. The fourth-order valence-electron chi connectivity index (χ4n) is 6.07. The van der Waals surface area contributed by atoms with Crippen LogP contribution in [0.15, 0.2) is 45.6 Å². The topological polar surface area (TPSA) is 97.9 Å². The van der Waals surface area contributed by atoms with Crippen LogP contribution < -0.4 is 9.64 Å². The number of hydrogen-bond donors (Lipinski definition) is 1. The molecule has 5 heterocycles. The van der Waals surface area contributed by atoms with Gasteiger partial charge in [-0.1, -0.05) is 17.3 Å². The van der Waals surface area contributed by atoms with Crippen LogP contribution in [0.2, 0.25) is 0 Å². The summed E-state index contributed by atoms with van der Waals surface area (Å²) < 4.78 is 55.7. The first-order valence-electron chi connectivity index (χ1n) is 13.7. The number of carboxylic acid groups (broad SMARTS) is 1. The molecule has 1 unspecified atom stereocenters. The van der Waals surface area contributed by atoms with E-state index in [0.29, 0.717) is 17.0 Å². The van der Waals surface area contributed by atoms with E-state index < -0.39 is 12.3 Å². The highest BCUT2D eigenvalue weighted by Gasteiger charge is 2.43. The number of aromatic nitrogens is 2. The SMILES string of the molecule is O=C(O)c1csc(-c2csc(N3[C@@H]4CC[C@H]3CC(OCc3c(-c5ccccc5OC(F)(F)F)noc3C3CC3)C4)n2)c1. The van der Waals surface area contributed by atoms with Crippen molar-refractivity contribution in [3.05, 3.63) is 58.0 Å². The summed E-state index contributed by atoms with van der Waals surface area (Å²) in [6.07, 6.45) is 0.706. The zero-order chi connectivity index (χ0) is 29.0. The molecule has 7 rings (SSSR count). The summed E-state index contributed by atoms with van der Waals surface area (Å²) in [6.45, 7) is 0.195. The molecule has 13 heteroatoms. The van der Waals surface area contributed by atoms with E-state index in [2.05, 4.69) is 14.8 Å². The van der Waals surface area contributed by atoms with E-state index in [9.17, 15) is 23.1 Å². The molecule has 2 bridgehead atoms. The first kappa shape index (κ1) is 27.4. The number of aromatic carboxylic acids is 1. The lowest BCUT2D eigenvalue weighted by atomic mass is 10.00. The number of thiophene rings is 1. The Hall–Kier alpha value is -3.42. The highest BCUT2D eigenvalue weighted by molar-refractivity contribution is 7.16. The lowest BCUT2D eigenvalue weighted by Crippen LogP contribution is -2.45. The molecule has 1 aromatic carbocycles. The molecule has 0 spiro atoms. The van der Waals surface area contributed by atoms with Gasteiger partial charge in [-0.15, -0.1) is 35.8 Å². The van der Waals surface area contributed by atoms with E-state index in [4.69, 9.17) is 14.2 Å². The number of benzene rings is 1. The molecule has 2 saturated heterocycles. The molecule has 1 N–H and O–H groups in total. The zero-order valence-corrected chi connectivity index (χ0v) is 23.8. The van der Waals surface area contributed by atoms with Gasteiger partial charge >= 0.3 is 12.3 Å². The third-order valence-corrected chi connectivity index (χ3v) is 9.91. The molecule has 8 nitrogen and oxygen atoms in total. The highest BCUT2D eigenvalue weighted by Crippen LogP contribution is 2.47. The van der Waals surface area contributed by atoms with Crippen molar-refractivity contribution in [3.8, 4) is 27.6 Å². The monoisotopic (exact) mass is 617 g/mol. The molecule has 3 aromatic heterocycles. The predicted molar refractivity (Wildman–Crippen MR) is 150 cm³/mol. The number of nitrogens with zero attached hydrogens (tertiary/aromatic N) is 3. The molecule has 3 aliphatic rings. The predicted octanol–water partition coefficient (Wildman–Crippen LogP) is 7.72. The van der Waals surface area contributed by atoms with Gasteiger partial charge in [-0.2, -0.15) is 0 Å². The molecule has 1 saturated carbocycles. The van der Waals surface area contributed by atoms with Crippen LogP contribution in [0, 0.1) is 0 Å². The minimum Gasteiger partial charge on any atom is -0.478 e. The molecule has 1 aliphatic carbocycles. The number of carboxylic acids is 1. The van der Waals surface area contributed by atoms with Crippen molar-refractivity contribution in [1.29, 1.82) is 0 Å². The highest BCUT2D eigenvalue weighted by atomic mass is 32.1. The molecule has 42 heavy (non-hydrogen) atoms. The van der Waals surface area contributed by atoms with Crippen molar-refractivity contribution in [2.45, 2.75) is 75.6 Å². The van der Waals surface area contributed by atoms with Gasteiger partial charge in [-0.3, -0.25) is 0 Å². The largest absolute Gasteiger partial charge is 0.573 e. The van der Waals surface area contributed by atoms with Crippen molar-refractivity contribution in [2.24, 2.45) is 0 Å². The number of para-hydroxylation sites is 1. The smallest absolute Gasteiger partial charge is 0.478 e. The molecular weight excluding hydrogens is 591 g/mol. The second-order valence-electron chi connectivity index (χ2n) is 10.9. The Balaban J connectivity index is 1.07. The van der Waals surface area contributed by atoms with Crippen LogP contribution in [0.5, 0.6) is 5.75 Å². The third kappa shape index (κ3) is 5.40. The van der Waals surface area contributed by atoms with Crippen LogP contribution in [-0.2, 0) is 11.3 Å². The van der Waals surface area contributed by atoms with Crippen molar-refractivity contribution in [3.63, 3.8) is 0 Å². The number of anilines is 1. The summed E-state index contributed by atoms with van der Waals surface area (Å²) in [5.74, 6) is -0.387. The first-order valence-corrected chi connectivity index (χ1v) is 15.5. The number of fused-ring (bicyclic) bond motifs is 2. The van der Waals surface area contributed by atoms with Gasteiger partial charge in [0.1, 0.15) is 17.2 Å². The summed E-state index contributed by atoms with van der Waals surface area (Å²) in [5.41, 5.74) is 2.28. The van der Waals surface area contributed by atoms with Crippen molar-refractivity contribution in [1.82, 2.24) is 10.1 Å². The number of hydrogen-bond acceptors (Lipinski definition) is 9.